The third kappa shape index (κ3) is 5.23. The molecule has 0 spiro atoms. The van der Waals surface area contributed by atoms with Crippen LogP contribution in [0.3, 0.4) is 0 Å². The number of ether oxygens (including phenoxy) is 2. The molecule has 0 aliphatic carbocycles. The van der Waals surface area contributed by atoms with Crippen LogP contribution in [0.4, 0.5) is 10.1 Å². The lowest BCUT2D eigenvalue weighted by Gasteiger charge is -2.36. The van der Waals surface area contributed by atoms with Crippen LogP contribution in [-0.2, 0) is 9.47 Å². The fraction of sp³-hybridized carbons (Fsp3) is 0.423. The highest BCUT2D eigenvalue weighted by atomic mass is 35.5. The molecule has 0 unspecified atom stereocenters. The lowest BCUT2D eigenvalue weighted by atomic mass is 9.98. The monoisotopic (exact) mass is 504 g/mol. The zero-order valence-corrected chi connectivity index (χ0v) is 21.7. The van der Waals surface area contributed by atoms with Crippen LogP contribution in [0, 0.1) is 12.7 Å². The molecule has 4 rings (SSSR count). The lowest BCUT2D eigenvalue weighted by Crippen LogP contribution is -2.50. The van der Waals surface area contributed by atoms with Gasteiger partial charge in [0.05, 0.1) is 36.1 Å². The van der Waals surface area contributed by atoms with Crippen molar-refractivity contribution >= 4 is 44.7 Å². The fourth-order valence-corrected chi connectivity index (χ4v) is 5.63. The van der Waals surface area contributed by atoms with Crippen molar-refractivity contribution in [2.45, 2.75) is 39.3 Å². The summed E-state index contributed by atoms with van der Waals surface area (Å²) in [4.78, 5) is 16.0. The van der Waals surface area contributed by atoms with Gasteiger partial charge in [-0.05, 0) is 57.5 Å². The first-order chi connectivity index (χ1) is 16.1. The smallest absolute Gasteiger partial charge is 0.339 e. The Labute approximate surface area is 208 Å². The first-order valence-electron chi connectivity index (χ1n) is 11.3. The van der Waals surface area contributed by atoms with Gasteiger partial charge in [-0.15, -0.1) is 11.3 Å². The fourth-order valence-electron chi connectivity index (χ4n) is 4.30. The number of carbonyl (C=O) groups is 1. The number of hydrogen-bond donors (Lipinski definition) is 1. The van der Waals surface area contributed by atoms with E-state index in [1.165, 1.54) is 13.2 Å². The van der Waals surface area contributed by atoms with E-state index in [0.717, 1.165) is 38.3 Å². The Kier molecular flexibility index (Phi) is 7.20. The standard InChI is InChI=1S/C26H30ClFN2O3S/c1-15-24(19-11-21(28)20(27)12-23(19)34-15)16-6-7-22(18(10-16)25(31)32-5)30-8-9-33-17(14-30)13-29-26(2,3)4/h6-7,10-12,17,29H,8-9,13-14H2,1-5H3/t17-/m1/s1. The molecule has 1 aliphatic heterocycles. The van der Waals surface area contributed by atoms with Gasteiger partial charge < -0.3 is 19.7 Å². The van der Waals surface area contributed by atoms with Gasteiger partial charge >= 0.3 is 5.97 Å². The van der Waals surface area contributed by atoms with E-state index in [0.29, 0.717) is 25.3 Å². The van der Waals surface area contributed by atoms with E-state index < -0.39 is 11.8 Å². The van der Waals surface area contributed by atoms with Gasteiger partial charge in [-0.25, -0.2) is 9.18 Å². The molecule has 2 heterocycles. The summed E-state index contributed by atoms with van der Waals surface area (Å²) in [5.74, 6) is -0.861. The molecule has 8 heteroatoms. The van der Waals surface area contributed by atoms with E-state index in [2.05, 4.69) is 31.0 Å². The quantitative estimate of drug-likeness (QED) is 0.429. The highest BCUT2D eigenvalue weighted by molar-refractivity contribution is 7.19. The second-order valence-electron chi connectivity index (χ2n) is 9.59. The Hall–Kier alpha value is -2.19. The molecule has 0 radical (unpaired) electrons. The summed E-state index contributed by atoms with van der Waals surface area (Å²) >= 11 is 7.55. The Morgan fingerprint density at radius 1 is 1.32 bits per heavy atom. The lowest BCUT2D eigenvalue weighted by molar-refractivity contribution is 0.0368. The number of anilines is 1. The minimum absolute atomic E-state index is 0.00463. The Balaban J connectivity index is 1.71. The summed E-state index contributed by atoms with van der Waals surface area (Å²) in [5.41, 5.74) is 3.04. The number of benzene rings is 2. The van der Waals surface area contributed by atoms with Crippen LogP contribution in [0.2, 0.25) is 5.02 Å². The van der Waals surface area contributed by atoms with Crippen LogP contribution in [0.25, 0.3) is 21.2 Å². The van der Waals surface area contributed by atoms with Gasteiger partial charge in [0.15, 0.2) is 0 Å². The topological polar surface area (TPSA) is 50.8 Å². The van der Waals surface area contributed by atoms with Crippen molar-refractivity contribution in [2.75, 3.05) is 38.3 Å². The number of thiophene rings is 1. The summed E-state index contributed by atoms with van der Waals surface area (Å²) < 4.78 is 26.3. The van der Waals surface area contributed by atoms with E-state index in [1.807, 2.05) is 25.1 Å². The highest BCUT2D eigenvalue weighted by Crippen LogP contribution is 2.41. The number of aryl methyl sites for hydroxylation is 1. The van der Waals surface area contributed by atoms with E-state index >= 15 is 0 Å². The normalized spacial score (nSPS) is 16.8. The summed E-state index contributed by atoms with van der Waals surface area (Å²) in [5, 5.41) is 4.38. The predicted octanol–water partition coefficient (Wildman–Crippen LogP) is 6.05. The average Bonchev–Trinajstić information content (AvgIpc) is 3.11. The van der Waals surface area contributed by atoms with Gasteiger partial charge in [-0.1, -0.05) is 17.7 Å². The van der Waals surface area contributed by atoms with E-state index in [4.69, 9.17) is 21.1 Å². The highest BCUT2D eigenvalue weighted by Gasteiger charge is 2.26. The molecule has 5 nitrogen and oxygen atoms in total. The van der Waals surface area contributed by atoms with Crippen LogP contribution in [0.15, 0.2) is 30.3 Å². The maximum absolute atomic E-state index is 14.3. The summed E-state index contributed by atoms with van der Waals surface area (Å²) in [6.45, 7) is 11.0. The largest absolute Gasteiger partial charge is 0.465 e. The predicted molar refractivity (Wildman–Crippen MR) is 138 cm³/mol. The van der Waals surface area contributed by atoms with Gasteiger partial charge in [0, 0.05) is 45.7 Å². The molecular formula is C26H30ClFN2O3S. The number of carbonyl (C=O) groups excluding carboxylic acids is 1. The number of hydrogen-bond acceptors (Lipinski definition) is 6. The van der Waals surface area contributed by atoms with Gasteiger partial charge in [-0.2, -0.15) is 0 Å². The van der Waals surface area contributed by atoms with Crippen molar-refractivity contribution in [1.29, 1.82) is 0 Å². The zero-order valence-electron chi connectivity index (χ0n) is 20.1. The molecular weight excluding hydrogens is 475 g/mol. The molecule has 1 saturated heterocycles. The molecule has 1 aliphatic rings. The number of fused-ring (bicyclic) bond motifs is 1. The number of methoxy groups -OCH3 is 1. The SMILES string of the molecule is COC(=O)c1cc(-c2c(C)sc3cc(Cl)c(F)cc23)ccc1N1CCO[C@H](CNC(C)(C)C)C1. The van der Waals surface area contributed by atoms with Crippen molar-refractivity contribution in [3.63, 3.8) is 0 Å². The van der Waals surface area contributed by atoms with Gasteiger partial charge in [-0.3, -0.25) is 0 Å². The van der Waals surface area contributed by atoms with E-state index in [9.17, 15) is 9.18 Å². The van der Waals surface area contributed by atoms with Crippen LogP contribution in [-0.4, -0.2) is 51.0 Å². The molecule has 1 N–H and O–H groups in total. The Morgan fingerprint density at radius 3 is 2.79 bits per heavy atom. The Bertz CT molecular complexity index is 1220. The molecule has 1 aromatic heterocycles. The first kappa shape index (κ1) is 24.9. The van der Waals surface area contributed by atoms with Crippen molar-refractivity contribution in [1.82, 2.24) is 5.32 Å². The van der Waals surface area contributed by atoms with Crippen LogP contribution in [0.1, 0.15) is 36.0 Å². The van der Waals surface area contributed by atoms with Gasteiger partial charge in [0.2, 0.25) is 0 Å². The van der Waals surface area contributed by atoms with Crippen LogP contribution >= 0.6 is 22.9 Å². The van der Waals surface area contributed by atoms with Crippen molar-refractivity contribution in [3.05, 3.63) is 51.6 Å². The summed E-state index contributed by atoms with van der Waals surface area (Å²) in [7, 11) is 1.39. The number of esters is 1. The third-order valence-electron chi connectivity index (χ3n) is 5.94. The molecule has 34 heavy (non-hydrogen) atoms. The van der Waals surface area contributed by atoms with Crippen molar-refractivity contribution in [3.8, 4) is 11.1 Å². The number of nitrogens with one attached hydrogen (secondary N) is 1. The molecule has 1 atom stereocenters. The van der Waals surface area contributed by atoms with Crippen molar-refractivity contribution in [2.24, 2.45) is 0 Å². The second kappa shape index (κ2) is 9.82. The van der Waals surface area contributed by atoms with Crippen molar-refractivity contribution < 1.29 is 18.7 Å². The van der Waals surface area contributed by atoms with Gasteiger partial charge in [0.1, 0.15) is 5.82 Å². The summed E-state index contributed by atoms with van der Waals surface area (Å²) in [6, 6.07) is 8.91. The minimum atomic E-state index is -0.457. The third-order valence-corrected chi connectivity index (χ3v) is 7.29. The number of halogens is 2. The van der Waals surface area contributed by atoms with E-state index in [1.54, 1.807) is 17.4 Å². The number of rotatable bonds is 5. The molecule has 0 bridgehead atoms. The van der Waals surface area contributed by atoms with Gasteiger partial charge in [0.25, 0.3) is 0 Å². The Morgan fingerprint density at radius 2 is 2.09 bits per heavy atom. The maximum Gasteiger partial charge on any atom is 0.339 e. The molecule has 182 valence electrons. The van der Waals surface area contributed by atoms with E-state index in [-0.39, 0.29) is 16.7 Å². The molecule has 2 aromatic carbocycles. The second-order valence-corrected chi connectivity index (χ2v) is 11.3. The maximum atomic E-state index is 14.3. The molecule has 0 saturated carbocycles. The summed E-state index contributed by atoms with van der Waals surface area (Å²) in [6.07, 6.45) is 0.00827. The minimum Gasteiger partial charge on any atom is -0.465 e. The zero-order chi connectivity index (χ0) is 24.6. The molecule has 3 aromatic rings. The molecule has 1 fully saturated rings. The van der Waals surface area contributed by atoms with Crippen LogP contribution in [0.5, 0.6) is 0 Å². The first-order valence-corrected chi connectivity index (χ1v) is 12.5. The number of morpholine rings is 1. The average molecular weight is 505 g/mol. The number of nitrogens with zero attached hydrogens (tertiary/aromatic N) is 1. The molecule has 0 amide bonds. The van der Waals surface area contributed by atoms with Crippen LogP contribution < -0.4 is 10.2 Å².